The molecule has 9 aromatic carbocycles. The van der Waals surface area contributed by atoms with Gasteiger partial charge in [-0.2, -0.15) is 5.10 Å². The molecule has 3 heterocycles. The Kier molecular flexibility index (Phi) is 10.2. The molecule has 3 aromatic heterocycles. The van der Waals surface area contributed by atoms with Gasteiger partial charge < -0.3 is 0 Å². The Labute approximate surface area is 390 Å². The van der Waals surface area contributed by atoms with Gasteiger partial charge in [0.1, 0.15) is 5.69 Å². The van der Waals surface area contributed by atoms with Crippen LogP contribution in [0.3, 0.4) is 0 Å². The third-order valence-electron chi connectivity index (χ3n) is 12.8. The molecule has 0 saturated heterocycles. The molecule has 0 radical (unpaired) electrons. The first-order chi connectivity index (χ1) is 33.2. The smallest absolute Gasteiger partial charge is 0.101 e. The Hall–Kier alpha value is -8.92. The van der Waals surface area contributed by atoms with Crippen LogP contribution in [0.15, 0.2) is 261 Å². The minimum absolute atomic E-state index is 0.930. The van der Waals surface area contributed by atoms with Gasteiger partial charge in [0.15, 0.2) is 0 Å². The lowest BCUT2D eigenvalue weighted by atomic mass is 9.94. The number of nitrogens with zero attached hydrogens (tertiary/aromatic N) is 3. The largest absolute Gasteiger partial charge is 0.248 e. The van der Waals surface area contributed by atoms with Gasteiger partial charge in [-0.3, -0.25) is 0 Å². The normalized spacial score (nSPS) is 11.3. The molecule has 0 N–H and O–H groups in total. The lowest BCUT2D eigenvalue weighted by Crippen LogP contribution is -1.96. The second kappa shape index (κ2) is 17.2. The molecule has 0 saturated carbocycles. The molecule has 3 nitrogen and oxygen atoms in total. The summed E-state index contributed by atoms with van der Waals surface area (Å²) in [6, 6.07) is 93.0. The molecule has 0 unspecified atom stereocenters. The number of aromatic nitrogens is 3. The van der Waals surface area contributed by atoms with Crippen molar-refractivity contribution in [2.75, 3.05) is 0 Å². The van der Waals surface area contributed by atoms with Crippen LogP contribution >= 0.6 is 0 Å². The first kappa shape index (κ1) is 39.7. The average Bonchev–Trinajstić information content (AvgIpc) is 3.83. The van der Waals surface area contributed by atoms with Gasteiger partial charge in [-0.1, -0.05) is 224 Å². The molecule has 0 aliphatic heterocycles. The Morgan fingerprint density at radius 2 is 0.672 bits per heavy atom. The topological polar surface area (TPSA) is 30.2 Å². The molecule has 12 aromatic rings. The average molecular weight is 854 g/mol. The Balaban J connectivity index is 0.979. The first-order valence-electron chi connectivity index (χ1n) is 22.8. The fourth-order valence-corrected chi connectivity index (χ4v) is 9.44. The Morgan fingerprint density at radius 1 is 0.269 bits per heavy atom. The molecule has 12 rings (SSSR count). The molecular weight excluding hydrogens is 811 g/mol. The van der Waals surface area contributed by atoms with E-state index in [1.165, 1.54) is 11.1 Å². The molecular formula is C64H43N3. The van der Waals surface area contributed by atoms with E-state index in [2.05, 4.69) is 265 Å². The number of hydrogen-bond acceptors (Lipinski definition) is 2. The Morgan fingerprint density at radius 3 is 1.21 bits per heavy atom. The van der Waals surface area contributed by atoms with Crippen LogP contribution < -0.4 is 0 Å². The van der Waals surface area contributed by atoms with E-state index in [0.717, 1.165) is 106 Å². The molecule has 314 valence electrons. The summed E-state index contributed by atoms with van der Waals surface area (Å²) in [6.07, 6.45) is 0. The predicted octanol–water partition coefficient (Wildman–Crippen LogP) is 16.9. The van der Waals surface area contributed by atoms with E-state index in [4.69, 9.17) is 10.1 Å². The number of hydrogen-bond donors (Lipinski definition) is 0. The van der Waals surface area contributed by atoms with Gasteiger partial charge in [0.2, 0.25) is 0 Å². The fraction of sp³-hybridized carbons (Fsp3) is 0. The zero-order valence-electron chi connectivity index (χ0n) is 36.7. The zero-order valence-corrected chi connectivity index (χ0v) is 36.7. The fourth-order valence-electron chi connectivity index (χ4n) is 9.44. The molecule has 0 amide bonds. The second-order valence-electron chi connectivity index (χ2n) is 17.0. The van der Waals surface area contributed by atoms with Crippen LogP contribution in [0.4, 0.5) is 0 Å². The first-order valence-corrected chi connectivity index (χ1v) is 22.8. The van der Waals surface area contributed by atoms with Gasteiger partial charge in [-0.25, -0.2) is 9.50 Å². The van der Waals surface area contributed by atoms with Crippen molar-refractivity contribution in [3.05, 3.63) is 261 Å². The molecule has 67 heavy (non-hydrogen) atoms. The third kappa shape index (κ3) is 7.69. The number of benzene rings is 9. The molecule has 0 bridgehead atoms. The highest BCUT2D eigenvalue weighted by atomic mass is 15.2. The van der Waals surface area contributed by atoms with E-state index < -0.39 is 0 Å². The van der Waals surface area contributed by atoms with Gasteiger partial charge in [0.25, 0.3) is 0 Å². The third-order valence-corrected chi connectivity index (χ3v) is 12.8. The van der Waals surface area contributed by atoms with E-state index in [1.807, 2.05) is 0 Å². The van der Waals surface area contributed by atoms with E-state index in [-0.39, 0.29) is 0 Å². The number of rotatable bonds is 9. The Bertz CT molecular complexity index is 3590. The van der Waals surface area contributed by atoms with Gasteiger partial charge in [-0.05, 0) is 91.9 Å². The molecule has 0 aliphatic rings. The van der Waals surface area contributed by atoms with Crippen molar-refractivity contribution in [1.29, 1.82) is 0 Å². The number of fused-ring (bicyclic) bond motifs is 3. The van der Waals surface area contributed by atoms with Crippen molar-refractivity contribution < 1.29 is 0 Å². The summed E-state index contributed by atoms with van der Waals surface area (Å²) in [6.45, 7) is 0. The van der Waals surface area contributed by atoms with Crippen LogP contribution in [0.1, 0.15) is 0 Å². The maximum atomic E-state index is 5.40. The van der Waals surface area contributed by atoms with Crippen molar-refractivity contribution in [2.24, 2.45) is 0 Å². The summed E-state index contributed by atoms with van der Waals surface area (Å²) in [5.74, 6) is 0. The summed E-state index contributed by atoms with van der Waals surface area (Å²) in [7, 11) is 0. The van der Waals surface area contributed by atoms with E-state index in [9.17, 15) is 0 Å². The maximum absolute atomic E-state index is 5.40. The molecule has 0 aliphatic carbocycles. The van der Waals surface area contributed by atoms with Crippen LogP contribution in [-0.2, 0) is 0 Å². The minimum Gasteiger partial charge on any atom is -0.248 e. The van der Waals surface area contributed by atoms with Gasteiger partial charge in [0, 0.05) is 33.2 Å². The van der Waals surface area contributed by atoms with Gasteiger partial charge in [0.05, 0.1) is 22.6 Å². The van der Waals surface area contributed by atoms with Crippen molar-refractivity contribution in [2.45, 2.75) is 0 Å². The number of pyridine rings is 2. The summed E-state index contributed by atoms with van der Waals surface area (Å²) in [5, 5.41) is 7.71. The van der Waals surface area contributed by atoms with Crippen LogP contribution in [0.2, 0.25) is 0 Å². The standard InChI is InChI=1S/C64H43N3/c1-6-18-44(19-7-1)51-28-16-30-54(38-51)59-41-56(42-60(65-59)55-31-17-29-52(39-55)45-20-8-2-9-21-45)47-34-32-46(33-35-47)53-36-37-58-57(40-53)43-61(48-22-10-3-11-23-48)67-64(58)62(49-24-12-4-13-25-49)63(66-67)50-26-14-5-15-27-50/h1-43H. The zero-order chi connectivity index (χ0) is 44.5. The van der Waals surface area contributed by atoms with Crippen LogP contribution in [0.25, 0.3) is 117 Å². The van der Waals surface area contributed by atoms with Crippen molar-refractivity contribution >= 4 is 16.3 Å². The summed E-state index contributed by atoms with van der Waals surface area (Å²) in [5.41, 5.74) is 20.8. The predicted molar refractivity (Wildman–Crippen MR) is 279 cm³/mol. The van der Waals surface area contributed by atoms with E-state index in [1.54, 1.807) is 0 Å². The van der Waals surface area contributed by atoms with Crippen molar-refractivity contribution in [3.63, 3.8) is 0 Å². The second-order valence-corrected chi connectivity index (χ2v) is 17.0. The lowest BCUT2D eigenvalue weighted by Gasteiger charge is -2.13. The maximum Gasteiger partial charge on any atom is 0.101 e. The highest BCUT2D eigenvalue weighted by Crippen LogP contribution is 2.42. The van der Waals surface area contributed by atoms with Crippen LogP contribution in [-0.4, -0.2) is 14.6 Å². The minimum atomic E-state index is 0.930. The quantitative estimate of drug-likeness (QED) is 0.145. The highest BCUT2D eigenvalue weighted by Gasteiger charge is 2.22. The lowest BCUT2D eigenvalue weighted by molar-refractivity contribution is 0.979. The van der Waals surface area contributed by atoms with Crippen molar-refractivity contribution in [1.82, 2.24) is 14.6 Å². The molecule has 0 fully saturated rings. The molecule has 0 spiro atoms. The summed E-state index contributed by atoms with van der Waals surface area (Å²) in [4.78, 5) is 5.35. The highest BCUT2D eigenvalue weighted by molar-refractivity contribution is 6.09. The van der Waals surface area contributed by atoms with Gasteiger partial charge >= 0.3 is 0 Å². The van der Waals surface area contributed by atoms with Crippen molar-refractivity contribution in [3.8, 4) is 101 Å². The van der Waals surface area contributed by atoms with E-state index in [0.29, 0.717) is 0 Å². The SMILES string of the molecule is c1ccc(-c2cccc(-c3cc(-c4ccc(-c5ccc6c(c5)cc(-c5ccccc5)n5nc(-c7ccccc7)c(-c7ccccc7)c65)cc4)cc(-c4cccc(-c5ccccc5)c4)n3)c2)cc1. The monoisotopic (exact) mass is 853 g/mol. The molecule has 0 atom stereocenters. The summed E-state index contributed by atoms with van der Waals surface area (Å²) < 4.78 is 2.16. The van der Waals surface area contributed by atoms with Crippen LogP contribution in [0.5, 0.6) is 0 Å². The van der Waals surface area contributed by atoms with E-state index >= 15 is 0 Å². The van der Waals surface area contributed by atoms with Gasteiger partial charge in [-0.15, -0.1) is 0 Å². The molecule has 3 heteroatoms. The van der Waals surface area contributed by atoms with Crippen LogP contribution in [0, 0.1) is 0 Å². The summed E-state index contributed by atoms with van der Waals surface area (Å²) >= 11 is 0.